The van der Waals surface area contributed by atoms with Crippen molar-refractivity contribution in [2.75, 3.05) is 6.61 Å². The number of carbonyl (C=O) groups excluding carboxylic acids is 1. The largest absolute Gasteiger partial charge is 0.491 e. The lowest BCUT2D eigenvalue weighted by atomic mass is 10.1. The van der Waals surface area contributed by atoms with E-state index in [0.717, 1.165) is 16.6 Å². The monoisotopic (exact) mass is 370 g/mol. The number of benzene rings is 1. The molecule has 2 aromatic heterocycles. The third-order valence-corrected chi connectivity index (χ3v) is 4.48. The van der Waals surface area contributed by atoms with E-state index in [1.54, 1.807) is 30.7 Å². The zero-order valence-electron chi connectivity index (χ0n) is 15.8. The zero-order chi connectivity index (χ0) is 19.7. The molecule has 7 nitrogen and oxygen atoms in total. The molecular weight excluding hydrogens is 348 g/mol. The molecule has 1 atom stereocenters. The van der Waals surface area contributed by atoms with Gasteiger partial charge in [0.05, 0.1) is 17.8 Å². The summed E-state index contributed by atoms with van der Waals surface area (Å²) in [5.41, 5.74) is 2.82. The lowest BCUT2D eigenvalue weighted by Crippen LogP contribution is -2.25. The number of hydrogen-bond donors (Lipinski definition) is 1. The summed E-state index contributed by atoms with van der Waals surface area (Å²) >= 11 is 0. The second-order valence-corrected chi connectivity index (χ2v) is 6.66. The first-order chi connectivity index (χ1) is 12.8. The van der Waals surface area contributed by atoms with Crippen LogP contribution in [0.2, 0.25) is 0 Å². The van der Waals surface area contributed by atoms with Gasteiger partial charge in [-0.25, -0.2) is 4.79 Å². The topological polar surface area (TPSA) is 94.6 Å². The van der Waals surface area contributed by atoms with Gasteiger partial charge in [-0.2, -0.15) is 5.10 Å². The lowest BCUT2D eigenvalue weighted by molar-refractivity contribution is 0.0885. The van der Waals surface area contributed by atoms with Gasteiger partial charge in [-0.15, -0.1) is 0 Å². The lowest BCUT2D eigenvalue weighted by Gasteiger charge is -2.14. The molecule has 0 aliphatic heterocycles. The second kappa shape index (κ2) is 7.36. The molecule has 3 aromatic rings. The minimum Gasteiger partial charge on any atom is -0.491 e. The fraction of sp³-hybridized carbons (Fsp3) is 0.350. The van der Waals surface area contributed by atoms with Crippen molar-refractivity contribution in [2.45, 2.75) is 40.3 Å². The van der Waals surface area contributed by atoms with Crippen LogP contribution >= 0.6 is 0 Å². The summed E-state index contributed by atoms with van der Waals surface area (Å²) in [6.45, 7) is 7.16. The molecule has 3 rings (SSSR count). The Bertz CT molecular complexity index is 1060. The molecule has 0 saturated heterocycles. The number of aromatic nitrogens is 2. The number of Topliss-reactive ketones (excluding diaryl/α,β-unsaturated/α-hetero) is 1. The first kappa shape index (κ1) is 18.8. The SMILES string of the molecule is CC(=O)c1c(C)nn(C[C@H](O)COc2ccc3c(C)cc(=O)oc3c2)c1C. The average molecular weight is 370 g/mol. The van der Waals surface area contributed by atoms with E-state index in [4.69, 9.17) is 9.15 Å². The number of ketones is 1. The Hall–Kier alpha value is -2.93. The minimum atomic E-state index is -0.817. The van der Waals surface area contributed by atoms with Crippen LogP contribution in [0.1, 0.15) is 34.2 Å². The van der Waals surface area contributed by atoms with Crippen molar-refractivity contribution in [1.29, 1.82) is 0 Å². The number of aryl methyl sites for hydroxylation is 2. The Labute approximate surface area is 156 Å². The smallest absolute Gasteiger partial charge is 0.336 e. The van der Waals surface area contributed by atoms with E-state index in [-0.39, 0.29) is 18.9 Å². The summed E-state index contributed by atoms with van der Waals surface area (Å²) in [7, 11) is 0. The average Bonchev–Trinajstić information content (AvgIpc) is 2.86. The molecule has 0 aliphatic rings. The van der Waals surface area contributed by atoms with Crippen LogP contribution in [-0.4, -0.2) is 33.4 Å². The molecular formula is C20H22N2O5. The van der Waals surface area contributed by atoms with Gasteiger partial charge in [-0.05, 0) is 45.4 Å². The van der Waals surface area contributed by atoms with E-state index in [2.05, 4.69) is 5.10 Å². The van der Waals surface area contributed by atoms with Gasteiger partial charge >= 0.3 is 5.63 Å². The zero-order valence-corrected chi connectivity index (χ0v) is 15.8. The van der Waals surface area contributed by atoms with Gasteiger partial charge in [-0.3, -0.25) is 9.48 Å². The minimum absolute atomic E-state index is 0.0370. The fourth-order valence-corrected chi connectivity index (χ4v) is 3.22. The summed E-state index contributed by atoms with van der Waals surface area (Å²) in [6.07, 6.45) is -0.817. The number of rotatable bonds is 6. The number of hydrogen-bond acceptors (Lipinski definition) is 6. The van der Waals surface area contributed by atoms with Crippen molar-refractivity contribution >= 4 is 16.8 Å². The highest BCUT2D eigenvalue weighted by Crippen LogP contribution is 2.22. The van der Waals surface area contributed by atoms with Gasteiger partial charge in [0.1, 0.15) is 24.0 Å². The van der Waals surface area contributed by atoms with Gasteiger partial charge in [0.2, 0.25) is 0 Å². The van der Waals surface area contributed by atoms with Crippen LogP contribution in [0.25, 0.3) is 11.0 Å². The van der Waals surface area contributed by atoms with Crippen molar-refractivity contribution in [1.82, 2.24) is 9.78 Å². The summed E-state index contributed by atoms with van der Waals surface area (Å²) in [5, 5.41) is 15.4. The van der Waals surface area contributed by atoms with Crippen molar-refractivity contribution in [3.8, 4) is 5.75 Å². The standard InChI is InChI=1S/C20H22N2O5/c1-11-7-19(25)27-18-8-16(5-6-17(11)18)26-10-15(24)9-22-13(3)20(14(4)23)12(2)21-22/h5-8,15,24H,9-10H2,1-4H3/t15-/m0/s1. The second-order valence-electron chi connectivity index (χ2n) is 6.66. The summed E-state index contributed by atoms with van der Waals surface area (Å²) < 4.78 is 12.4. The molecule has 0 radical (unpaired) electrons. The molecule has 0 unspecified atom stereocenters. The normalized spacial score (nSPS) is 12.3. The van der Waals surface area contributed by atoms with Crippen LogP contribution in [0.3, 0.4) is 0 Å². The van der Waals surface area contributed by atoms with Crippen LogP contribution in [0, 0.1) is 20.8 Å². The molecule has 0 bridgehead atoms. The molecule has 0 amide bonds. The van der Waals surface area contributed by atoms with Crippen molar-refractivity contribution in [3.05, 3.63) is 57.2 Å². The van der Waals surface area contributed by atoms with E-state index in [9.17, 15) is 14.7 Å². The van der Waals surface area contributed by atoms with Gasteiger partial charge < -0.3 is 14.3 Å². The van der Waals surface area contributed by atoms with E-state index in [0.29, 0.717) is 22.6 Å². The molecule has 7 heteroatoms. The van der Waals surface area contributed by atoms with Crippen molar-refractivity contribution in [3.63, 3.8) is 0 Å². The molecule has 0 spiro atoms. The third-order valence-electron chi connectivity index (χ3n) is 4.48. The number of nitrogens with zero attached hydrogens (tertiary/aromatic N) is 2. The Balaban J connectivity index is 1.70. The molecule has 0 fully saturated rings. The maximum absolute atomic E-state index is 11.7. The Morgan fingerprint density at radius 1 is 1.30 bits per heavy atom. The number of aliphatic hydroxyl groups excluding tert-OH is 1. The van der Waals surface area contributed by atoms with Crippen molar-refractivity contribution in [2.24, 2.45) is 0 Å². The van der Waals surface area contributed by atoms with Crippen LogP contribution < -0.4 is 10.4 Å². The summed E-state index contributed by atoms with van der Waals surface area (Å²) in [4.78, 5) is 23.2. The third kappa shape index (κ3) is 3.93. The van der Waals surface area contributed by atoms with Crippen LogP contribution in [-0.2, 0) is 6.54 Å². The van der Waals surface area contributed by atoms with Crippen LogP contribution in [0.5, 0.6) is 5.75 Å². The number of carbonyl (C=O) groups is 1. The van der Waals surface area contributed by atoms with Gasteiger partial charge in [0, 0.05) is 23.2 Å². The number of fused-ring (bicyclic) bond motifs is 1. The van der Waals surface area contributed by atoms with Gasteiger partial charge in [-0.1, -0.05) is 0 Å². The molecule has 1 aromatic carbocycles. The number of aliphatic hydroxyl groups is 1. The molecule has 1 N–H and O–H groups in total. The highest BCUT2D eigenvalue weighted by molar-refractivity contribution is 5.96. The molecule has 2 heterocycles. The Kier molecular flexibility index (Phi) is 5.14. The van der Waals surface area contributed by atoms with Crippen molar-refractivity contribution < 1.29 is 19.1 Å². The van der Waals surface area contributed by atoms with E-state index in [1.165, 1.54) is 13.0 Å². The molecule has 0 saturated carbocycles. The van der Waals surface area contributed by atoms with Gasteiger partial charge in [0.25, 0.3) is 0 Å². The molecule has 0 aliphatic carbocycles. The highest BCUT2D eigenvalue weighted by atomic mass is 16.5. The summed E-state index contributed by atoms with van der Waals surface area (Å²) in [5.74, 6) is 0.447. The maximum atomic E-state index is 11.7. The molecule has 27 heavy (non-hydrogen) atoms. The van der Waals surface area contributed by atoms with Crippen LogP contribution in [0.15, 0.2) is 33.5 Å². The van der Waals surface area contributed by atoms with Crippen LogP contribution in [0.4, 0.5) is 0 Å². The summed E-state index contributed by atoms with van der Waals surface area (Å²) in [6, 6.07) is 6.65. The van der Waals surface area contributed by atoms with Gasteiger partial charge in [0.15, 0.2) is 5.78 Å². The predicted molar refractivity (Wildman–Crippen MR) is 100 cm³/mol. The maximum Gasteiger partial charge on any atom is 0.336 e. The highest BCUT2D eigenvalue weighted by Gasteiger charge is 2.17. The van der Waals surface area contributed by atoms with E-state index >= 15 is 0 Å². The Morgan fingerprint density at radius 3 is 2.70 bits per heavy atom. The quantitative estimate of drug-likeness (QED) is 0.529. The van der Waals surface area contributed by atoms with E-state index < -0.39 is 11.7 Å². The first-order valence-electron chi connectivity index (χ1n) is 8.66. The first-order valence-corrected chi connectivity index (χ1v) is 8.66. The van der Waals surface area contributed by atoms with E-state index in [1.807, 2.05) is 13.0 Å². The predicted octanol–water partition coefficient (Wildman–Crippen LogP) is 2.56. The number of ether oxygens (including phenoxy) is 1. The fourth-order valence-electron chi connectivity index (χ4n) is 3.22. The Morgan fingerprint density at radius 2 is 2.04 bits per heavy atom. The molecule has 142 valence electrons.